The van der Waals surface area contributed by atoms with Crippen molar-refractivity contribution in [1.82, 2.24) is 0 Å². The molecule has 3 rings (SSSR count). The van der Waals surface area contributed by atoms with E-state index in [1.165, 1.54) is 11.3 Å². The third-order valence-corrected chi connectivity index (χ3v) is 6.73. The molecule has 0 unspecified atom stereocenters. The van der Waals surface area contributed by atoms with E-state index in [9.17, 15) is 4.79 Å². The molecule has 0 aliphatic carbocycles. The van der Waals surface area contributed by atoms with Gasteiger partial charge in [-0.05, 0) is 53.4 Å². The standard InChI is InChI=1S/C18H12BrCl2NOS2/c19-11-4-6-12(7-5-11)22-18(23)17-16(8-9-24-17)25-10-13-14(20)2-1-3-15(13)21/h1-9H,10H2,(H,22,23). The predicted molar refractivity (Wildman–Crippen MR) is 112 cm³/mol. The highest BCUT2D eigenvalue weighted by atomic mass is 79.9. The molecule has 1 heterocycles. The lowest BCUT2D eigenvalue weighted by atomic mass is 10.2. The van der Waals surface area contributed by atoms with Crippen molar-refractivity contribution in [2.75, 3.05) is 5.32 Å². The second-order valence-electron chi connectivity index (χ2n) is 5.06. The number of nitrogens with one attached hydrogen (secondary N) is 1. The fourth-order valence-electron chi connectivity index (χ4n) is 2.12. The minimum Gasteiger partial charge on any atom is -0.321 e. The van der Waals surface area contributed by atoms with Gasteiger partial charge in [-0.15, -0.1) is 23.1 Å². The van der Waals surface area contributed by atoms with Gasteiger partial charge in [0.15, 0.2) is 0 Å². The van der Waals surface area contributed by atoms with E-state index in [-0.39, 0.29) is 5.91 Å². The summed E-state index contributed by atoms with van der Waals surface area (Å²) in [4.78, 5) is 14.1. The van der Waals surface area contributed by atoms with Gasteiger partial charge in [0.2, 0.25) is 0 Å². The summed E-state index contributed by atoms with van der Waals surface area (Å²) >= 11 is 18.8. The van der Waals surface area contributed by atoms with Crippen LogP contribution in [0.3, 0.4) is 0 Å². The molecule has 128 valence electrons. The first-order chi connectivity index (χ1) is 12.0. The number of carbonyl (C=O) groups is 1. The summed E-state index contributed by atoms with van der Waals surface area (Å²) in [6.07, 6.45) is 0. The van der Waals surface area contributed by atoms with Crippen LogP contribution in [0.25, 0.3) is 0 Å². The van der Waals surface area contributed by atoms with Crippen LogP contribution in [0, 0.1) is 0 Å². The third-order valence-electron chi connectivity index (χ3n) is 3.37. The van der Waals surface area contributed by atoms with E-state index in [1.54, 1.807) is 11.8 Å². The Morgan fingerprint density at radius 3 is 2.44 bits per heavy atom. The Hall–Kier alpha value is -0.980. The minimum absolute atomic E-state index is 0.120. The van der Waals surface area contributed by atoms with Gasteiger partial charge in [0.1, 0.15) is 4.88 Å². The van der Waals surface area contributed by atoms with Gasteiger partial charge < -0.3 is 5.32 Å². The molecule has 25 heavy (non-hydrogen) atoms. The van der Waals surface area contributed by atoms with Crippen molar-refractivity contribution in [2.45, 2.75) is 10.6 Å². The smallest absolute Gasteiger partial charge is 0.266 e. The Labute approximate surface area is 172 Å². The molecule has 0 spiro atoms. The van der Waals surface area contributed by atoms with Crippen molar-refractivity contribution in [3.05, 3.63) is 78.9 Å². The number of hydrogen-bond acceptors (Lipinski definition) is 3. The Bertz CT molecular complexity index is 876. The fraction of sp³-hybridized carbons (Fsp3) is 0.0556. The number of rotatable bonds is 5. The molecule has 0 fully saturated rings. The molecule has 0 atom stereocenters. The molecular weight excluding hydrogens is 461 g/mol. The van der Waals surface area contributed by atoms with Crippen LogP contribution in [0.1, 0.15) is 15.2 Å². The van der Waals surface area contributed by atoms with Gasteiger partial charge in [-0.2, -0.15) is 0 Å². The molecule has 0 aliphatic heterocycles. The van der Waals surface area contributed by atoms with E-state index in [2.05, 4.69) is 21.2 Å². The molecule has 0 radical (unpaired) electrons. The summed E-state index contributed by atoms with van der Waals surface area (Å²) in [6.45, 7) is 0. The fourth-order valence-corrected chi connectivity index (χ4v) is 5.16. The first-order valence-corrected chi connectivity index (χ1v) is 10.7. The van der Waals surface area contributed by atoms with Crippen LogP contribution in [0.4, 0.5) is 5.69 Å². The molecule has 0 saturated heterocycles. The van der Waals surface area contributed by atoms with Gasteiger partial charge in [-0.3, -0.25) is 4.79 Å². The zero-order chi connectivity index (χ0) is 17.8. The molecular formula is C18H12BrCl2NOS2. The van der Waals surface area contributed by atoms with Crippen LogP contribution in [0.15, 0.2) is 63.3 Å². The number of anilines is 1. The molecule has 0 bridgehead atoms. The van der Waals surface area contributed by atoms with Gasteiger partial charge in [0, 0.05) is 30.9 Å². The minimum atomic E-state index is -0.120. The number of thiophene rings is 1. The van der Waals surface area contributed by atoms with Gasteiger partial charge in [0.05, 0.1) is 0 Å². The van der Waals surface area contributed by atoms with E-state index in [0.29, 0.717) is 20.7 Å². The zero-order valence-corrected chi connectivity index (χ0v) is 17.5. The SMILES string of the molecule is O=C(Nc1ccc(Br)cc1)c1sccc1SCc1c(Cl)cccc1Cl. The zero-order valence-electron chi connectivity index (χ0n) is 12.8. The first-order valence-electron chi connectivity index (χ1n) is 7.24. The lowest BCUT2D eigenvalue weighted by Crippen LogP contribution is -2.10. The third kappa shape index (κ3) is 4.80. The number of thioether (sulfide) groups is 1. The van der Waals surface area contributed by atoms with E-state index in [0.717, 1.165) is 20.6 Å². The largest absolute Gasteiger partial charge is 0.321 e. The maximum atomic E-state index is 12.5. The van der Waals surface area contributed by atoms with E-state index >= 15 is 0 Å². The van der Waals surface area contributed by atoms with Crippen molar-refractivity contribution in [1.29, 1.82) is 0 Å². The highest BCUT2D eigenvalue weighted by molar-refractivity contribution is 9.10. The van der Waals surface area contributed by atoms with E-state index in [1.807, 2.05) is 53.9 Å². The summed E-state index contributed by atoms with van der Waals surface area (Å²) in [5.74, 6) is 0.485. The van der Waals surface area contributed by atoms with E-state index < -0.39 is 0 Å². The topological polar surface area (TPSA) is 29.1 Å². The molecule has 7 heteroatoms. The van der Waals surface area contributed by atoms with Crippen LogP contribution >= 0.6 is 62.2 Å². The second-order valence-corrected chi connectivity index (χ2v) is 8.73. The van der Waals surface area contributed by atoms with Crippen LogP contribution in [0.2, 0.25) is 10.0 Å². The number of hydrogen-bond donors (Lipinski definition) is 1. The summed E-state index contributed by atoms with van der Waals surface area (Å²) in [6, 6.07) is 14.9. The molecule has 1 amide bonds. The molecule has 2 aromatic carbocycles. The molecule has 1 aromatic heterocycles. The van der Waals surface area contributed by atoms with Crippen LogP contribution in [0.5, 0.6) is 0 Å². The monoisotopic (exact) mass is 471 g/mol. The number of carbonyl (C=O) groups excluding carboxylic acids is 1. The number of benzene rings is 2. The van der Waals surface area contributed by atoms with Crippen molar-refractivity contribution in [2.24, 2.45) is 0 Å². The molecule has 0 saturated carbocycles. The van der Waals surface area contributed by atoms with Gasteiger partial charge in [-0.1, -0.05) is 45.2 Å². The van der Waals surface area contributed by atoms with E-state index in [4.69, 9.17) is 23.2 Å². The van der Waals surface area contributed by atoms with Crippen LogP contribution < -0.4 is 5.32 Å². The number of amides is 1. The summed E-state index contributed by atoms with van der Waals surface area (Å²) in [5, 5.41) is 6.10. The van der Waals surface area contributed by atoms with Gasteiger partial charge >= 0.3 is 0 Å². The first kappa shape index (κ1) is 18.8. The maximum absolute atomic E-state index is 12.5. The highest BCUT2D eigenvalue weighted by Crippen LogP contribution is 2.35. The van der Waals surface area contributed by atoms with Crippen molar-refractivity contribution < 1.29 is 4.79 Å². The summed E-state index contributed by atoms with van der Waals surface area (Å²) < 4.78 is 0.967. The van der Waals surface area contributed by atoms with Gasteiger partial charge in [-0.25, -0.2) is 0 Å². The van der Waals surface area contributed by atoms with Crippen molar-refractivity contribution in [3.8, 4) is 0 Å². The average Bonchev–Trinajstić information content (AvgIpc) is 3.05. The molecule has 0 aliphatic rings. The molecule has 3 aromatic rings. The predicted octanol–water partition coefficient (Wildman–Crippen LogP) is 7.36. The summed E-state index contributed by atoms with van der Waals surface area (Å²) in [7, 11) is 0. The lowest BCUT2D eigenvalue weighted by molar-refractivity contribution is 0.102. The normalized spacial score (nSPS) is 10.7. The lowest BCUT2D eigenvalue weighted by Gasteiger charge is -2.08. The van der Waals surface area contributed by atoms with Crippen LogP contribution in [-0.4, -0.2) is 5.91 Å². The Morgan fingerprint density at radius 1 is 1.08 bits per heavy atom. The van der Waals surface area contributed by atoms with Crippen molar-refractivity contribution in [3.63, 3.8) is 0 Å². The highest BCUT2D eigenvalue weighted by Gasteiger charge is 2.15. The number of halogens is 3. The Kier molecular flexibility index (Phi) is 6.47. The summed E-state index contributed by atoms with van der Waals surface area (Å²) in [5.41, 5.74) is 1.63. The van der Waals surface area contributed by atoms with Gasteiger partial charge in [0.25, 0.3) is 5.91 Å². The van der Waals surface area contributed by atoms with Crippen molar-refractivity contribution >= 4 is 73.8 Å². The maximum Gasteiger partial charge on any atom is 0.266 e. The second kappa shape index (κ2) is 8.60. The van der Waals surface area contributed by atoms with Crippen LogP contribution in [-0.2, 0) is 5.75 Å². The average molecular weight is 473 g/mol. The Morgan fingerprint density at radius 2 is 1.76 bits per heavy atom. The Balaban J connectivity index is 1.72. The quantitative estimate of drug-likeness (QED) is 0.393. The molecule has 2 nitrogen and oxygen atoms in total. The molecule has 1 N–H and O–H groups in total.